The topological polar surface area (TPSA) is 129 Å². The fourth-order valence-electron chi connectivity index (χ4n) is 10.5. The highest BCUT2D eigenvalue weighted by Gasteiger charge is 2.47. The van der Waals surface area contributed by atoms with Crippen LogP contribution in [0.15, 0.2) is 29.5 Å². The van der Waals surface area contributed by atoms with Gasteiger partial charge in [-0.05, 0) is 136 Å². The van der Waals surface area contributed by atoms with Gasteiger partial charge in [0.25, 0.3) is 0 Å². The van der Waals surface area contributed by atoms with Crippen molar-refractivity contribution in [2.75, 3.05) is 13.7 Å². The minimum atomic E-state index is -1.12. The second-order valence-electron chi connectivity index (χ2n) is 19.7. The quantitative estimate of drug-likeness (QED) is 0.0510. The Morgan fingerprint density at radius 3 is 2.12 bits per heavy atom. The summed E-state index contributed by atoms with van der Waals surface area (Å²) in [5.74, 6) is -0.140. The van der Waals surface area contributed by atoms with Crippen LogP contribution >= 0.6 is 0 Å². The van der Waals surface area contributed by atoms with Gasteiger partial charge in [-0.1, -0.05) is 97.8 Å². The van der Waals surface area contributed by atoms with E-state index in [1.165, 1.54) is 63.2 Å². The van der Waals surface area contributed by atoms with Crippen LogP contribution in [0.2, 0.25) is 0 Å². The van der Waals surface area contributed by atoms with E-state index in [4.69, 9.17) is 9.47 Å². The van der Waals surface area contributed by atoms with E-state index in [0.29, 0.717) is 22.9 Å². The molecule has 9 heteroatoms. The van der Waals surface area contributed by atoms with E-state index in [1.807, 2.05) is 19.1 Å². The molecule has 2 aliphatic heterocycles. The van der Waals surface area contributed by atoms with Crippen molar-refractivity contribution in [2.45, 2.75) is 152 Å². The number of methoxy groups -OCH3 is 1. The summed E-state index contributed by atoms with van der Waals surface area (Å²) in [6.07, 6.45) is 23.1. The van der Waals surface area contributed by atoms with Gasteiger partial charge in [-0.15, -0.1) is 0 Å². The minimum absolute atomic E-state index is 0.184. The van der Waals surface area contributed by atoms with Crippen molar-refractivity contribution < 1.29 is 23.9 Å². The Hall–Kier alpha value is -5.05. The van der Waals surface area contributed by atoms with Gasteiger partial charge in [0.05, 0.1) is 18.5 Å². The standard InChI is InChI=1S/C55H76N4O5/c1-13-39-35(8)42-28-44-37(10)41(24-25-48(60)64-27-26-34(7)23-17-22-33(6)21-16-20-32(5)19-15-18-31(3)4)52(58-44)50-51(55(62)63-12)54(61)49-38(11)45(59-53(49)50)30-47-40(14-2)36(9)43(57-47)29-46(39)56-42/h13,26,28-33,41,51-52,56-59H,1,14-25,27H2,2-12H3/b34-26+,42-28-,45-30-,46-29-/t32-,33-,41+,51-,52?/m1/s1. The number of rotatable bonds is 20. The average Bonchev–Trinajstić information content (AvgIpc) is 3.99. The van der Waals surface area contributed by atoms with Gasteiger partial charge in [0.2, 0.25) is 0 Å². The number of ether oxygens (including phenoxy) is 2. The van der Waals surface area contributed by atoms with Crippen molar-refractivity contribution in [1.82, 2.24) is 20.3 Å². The van der Waals surface area contributed by atoms with Crippen LogP contribution in [0.5, 0.6) is 0 Å². The number of nitrogens with one attached hydrogen (secondary N) is 4. The third kappa shape index (κ3) is 10.6. The fourth-order valence-corrected chi connectivity index (χ4v) is 10.5. The van der Waals surface area contributed by atoms with Crippen LogP contribution in [0.25, 0.3) is 29.9 Å². The zero-order valence-electron chi connectivity index (χ0n) is 40.8. The van der Waals surface area contributed by atoms with E-state index in [2.05, 4.69) is 107 Å². The molecule has 0 saturated heterocycles. The lowest BCUT2D eigenvalue weighted by molar-refractivity contribution is -0.143. The van der Waals surface area contributed by atoms with Crippen molar-refractivity contribution in [3.8, 4) is 0 Å². The number of allylic oxidation sites excluding steroid dienone is 2. The van der Waals surface area contributed by atoms with Crippen LogP contribution < -0.4 is 26.7 Å². The first-order valence-corrected chi connectivity index (χ1v) is 24.2. The number of carbonyl (C=O) groups excluding carboxylic acids is 3. The number of hydrogen-bond acceptors (Lipinski definition) is 6. The van der Waals surface area contributed by atoms with Crippen LogP contribution in [0.4, 0.5) is 0 Å². The van der Waals surface area contributed by atoms with E-state index in [-0.39, 0.29) is 30.7 Å². The minimum Gasteiger partial charge on any atom is -0.468 e. The van der Waals surface area contributed by atoms with Gasteiger partial charge in [0.1, 0.15) is 12.5 Å². The van der Waals surface area contributed by atoms with E-state index in [0.717, 1.165) is 98.0 Å². The predicted molar refractivity (Wildman–Crippen MR) is 261 cm³/mol. The predicted octanol–water partition coefficient (Wildman–Crippen LogP) is 8.96. The smallest absolute Gasteiger partial charge is 0.320 e. The van der Waals surface area contributed by atoms with Crippen molar-refractivity contribution in [1.29, 1.82) is 0 Å². The molecule has 3 aromatic heterocycles. The van der Waals surface area contributed by atoms with Crippen LogP contribution in [-0.4, -0.2) is 52.4 Å². The summed E-state index contributed by atoms with van der Waals surface area (Å²) in [6, 6.07) is -0.472. The SMILES string of the molecule is C=Cc1c(C)/c2[nH]/c1=C\c1[nH]c(c(CC)c1C)/C=c1\[nH]c3c(c1C)C(=O)[C@H](C(=O)OC)C=3C1NC(=C(C)[C@@H]1CCC(=O)OC/C=C(\C)CCC[C@H](C)CCC[C@H](C)CCCC(C)C)\C=2. The number of carbonyl (C=O) groups is 3. The second kappa shape index (κ2) is 21.3. The highest BCUT2D eigenvalue weighted by Crippen LogP contribution is 2.40. The van der Waals surface area contributed by atoms with Crippen molar-refractivity contribution in [3.63, 3.8) is 0 Å². The van der Waals surface area contributed by atoms with E-state index in [9.17, 15) is 14.4 Å². The lowest BCUT2D eigenvalue weighted by atomic mass is 9.82. The average molecular weight is 873 g/mol. The summed E-state index contributed by atoms with van der Waals surface area (Å²) in [5.41, 5.74) is 11.5. The first-order valence-electron chi connectivity index (χ1n) is 24.2. The van der Waals surface area contributed by atoms with Crippen LogP contribution in [0, 0.1) is 50.4 Å². The maximum Gasteiger partial charge on any atom is 0.320 e. The molecule has 3 aliphatic rings. The molecule has 0 fully saturated rings. The summed E-state index contributed by atoms with van der Waals surface area (Å²) in [7, 11) is 1.33. The monoisotopic (exact) mass is 873 g/mol. The van der Waals surface area contributed by atoms with Crippen LogP contribution in [0.3, 0.4) is 0 Å². The zero-order chi connectivity index (χ0) is 46.4. The lowest BCUT2D eigenvalue weighted by Gasteiger charge is -2.26. The van der Waals surface area contributed by atoms with Gasteiger partial charge >= 0.3 is 11.9 Å². The summed E-state index contributed by atoms with van der Waals surface area (Å²) < 4.78 is 11.1. The molecule has 0 radical (unpaired) electrons. The van der Waals surface area contributed by atoms with Gasteiger partial charge in [-0.2, -0.15) is 0 Å². The van der Waals surface area contributed by atoms with Crippen molar-refractivity contribution in [3.05, 3.63) is 95.7 Å². The fraction of sp³-hybridized carbons (Fsp3) is 0.545. The molecule has 1 unspecified atom stereocenters. The molecule has 346 valence electrons. The third-order valence-electron chi connectivity index (χ3n) is 14.6. The molecule has 8 bridgehead atoms. The summed E-state index contributed by atoms with van der Waals surface area (Å²) >= 11 is 0. The molecule has 0 aromatic carbocycles. The maximum absolute atomic E-state index is 14.4. The Kier molecular flexibility index (Phi) is 16.1. The zero-order valence-corrected chi connectivity index (χ0v) is 40.8. The Bertz CT molecular complexity index is 2560. The largest absolute Gasteiger partial charge is 0.468 e. The van der Waals surface area contributed by atoms with Gasteiger partial charge in [0, 0.05) is 56.6 Å². The first kappa shape index (κ1) is 48.4. The van der Waals surface area contributed by atoms with Crippen LogP contribution in [0.1, 0.15) is 169 Å². The Labute approximate surface area is 381 Å². The maximum atomic E-state index is 14.4. The molecule has 3 aromatic rings. The third-order valence-corrected chi connectivity index (χ3v) is 14.6. The summed E-state index contributed by atoms with van der Waals surface area (Å²) in [6.45, 7) is 26.3. The molecule has 0 amide bonds. The number of H-pyrrole nitrogens is 3. The van der Waals surface area contributed by atoms with Gasteiger partial charge in [-0.25, -0.2) is 0 Å². The molecule has 4 N–H and O–H groups in total. The van der Waals surface area contributed by atoms with Crippen molar-refractivity contribution in [2.24, 2.45) is 29.6 Å². The van der Waals surface area contributed by atoms with E-state index in [1.54, 1.807) is 0 Å². The van der Waals surface area contributed by atoms with E-state index < -0.39 is 17.9 Å². The Morgan fingerprint density at radius 2 is 1.47 bits per heavy atom. The van der Waals surface area contributed by atoms with Gasteiger partial charge < -0.3 is 29.7 Å². The number of esters is 2. The Balaban J connectivity index is 1.22. The Morgan fingerprint density at radius 1 is 0.812 bits per heavy atom. The molecule has 0 spiro atoms. The lowest BCUT2D eigenvalue weighted by Crippen LogP contribution is -2.39. The number of fused-ring (bicyclic) bond motifs is 8. The molecule has 5 atom stereocenters. The van der Waals surface area contributed by atoms with Gasteiger partial charge in [-0.3, -0.25) is 14.4 Å². The molecular formula is C55H76N4O5. The normalized spacial score (nSPS) is 20.6. The number of Topliss-reactive ketones (excluding diaryl/α,β-unsaturated/α-hetero) is 1. The molecule has 1 aliphatic carbocycles. The number of aromatic nitrogens is 3. The molecule has 9 nitrogen and oxygen atoms in total. The van der Waals surface area contributed by atoms with E-state index >= 15 is 0 Å². The molecule has 64 heavy (non-hydrogen) atoms. The van der Waals surface area contributed by atoms with Crippen molar-refractivity contribution >= 4 is 47.6 Å². The second-order valence-corrected chi connectivity index (χ2v) is 19.7. The summed E-state index contributed by atoms with van der Waals surface area (Å²) in [5, 5.41) is 7.08. The molecule has 5 heterocycles. The molecular weight excluding hydrogens is 797 g/mol. The molecule has 0 saturated carbocycles. The first-order chi connectivity index (χ1) is 30.6. The highest BCUT2D eigenvalue weighted by atomic mass is 16.5. The summed E-state index contributed by atoms with van der Waals surface area (Å²) in [4.78, 5) is 52.4. The number of hydrogen-bond donors (Lipinski definition) is 4. The molecule has 6 rings (SSSR count). The van der Waals surface area contributed by atoms with Gasteiger partial charge in [0.15, 0.2) is 5.78 Å². The number of aromatic amines is 3. The highest BCUT2D eigenvalue weighted by molar-refractivity contribution is 6.19. The number of ketones is 1. The van der Waals surface area contributed by atoms with Crippen LogP contribution in [-0.2, 0) is 25.5 Å².